The van der Waals surface area contributed by atoms with E-state index in [0.717, 1.165) is 11.1 Å². The summed E-state index contributed by atoms with van der Waals surface area (Å²) >= 11 is 0. The Morgan fingerprint density at radius 2 is 1.89 bits per heavy atom. The van der Waals surface area contributed by atoms with Crippen molar-refractivity contribution < 1.29 is 4.79 Å². The number of benzene rings is 1. The minimum absolute atomic E-state index is 0.0462. The monoisotopic (exact) mass is 256 g/mol. The predicted molar refractivity (Wildman–Crippen MR) is 76.5 cm³/mol. The SMILES string of the molecule is CCn1nccc1C(=O)c1ccccc1C(C)(C)C. The highest BCUT2D eigenvalue weighted by atomic mass is 16.1. The second-order valence-corrected chi connectivity index (χ2v) is 5.66. The first-order valence-corrected chi connectivity index (χ1v) is 6.61. The highest BCUT2D eigenvalue weighted by Crippen LogP contribution is 2.27. The van der Waals surface area contributed by atoms with Gasteiger partial charge in [0, 0.05) is 18.3 Å². The molecule has 0 saturated heterocycles. The first-order chi connectivity index (χ1) is 8.95. The number of carbonyl (C=O) groups is 1. The average Bonchev–Trinajstić information content (AvgIpc) is 2.85. The molecule has 0 amide bonds. The Morgan fingerprint density at radius 3 is 2.53 bits per heavy atom. The average molecular weight is 256 g/mol. The van der Waals surface area contributed by atoms with Crippen molar-refractivity contribution in [1.29, 1.82) is 0 Å². The fourth-order valence-corrected chi connectivity index (χ4v) is 2.25. The van der Waals surface area contributed by atoms with Crippen LogP contribution < -0.4 is 0 Å². The van der Waals surface area contributed by atoms with Crippen molar-refractivity contribution in [3.05, 3.63) is 53.3 Å². The van der Waals surface area contributed by atoms with Crippen molar-refractivity contribution in [2.45, 2.75) is 39.7 Å². The molecule has 0 N–H and O–H groups in total. The largest absolute Gasteiger partial charge is 0.287 e. The molecule has 0 aliphatic heterocycles. The van der Waals surface area contributed by atoms with E-state index in [1.807, 2.05) is 31.2 Å². The summed E-state index contributed by atoms with van der Waals surface area (Å²) in [6, 6.07) is 9.60. The molecule has 0 atom stereocenters. The van der Waals surface area contributed by atoms with Crippen molar-refractivity contribution in [3.63, 3.8) is 0 Å². The normalized spacial score (nSPS) is 11.6. The highest BCUT2D eigenvalue weighted by Gasteiger charge is 2.23. The lowest BCUT2D eigenvalue weighted by Crippen LogP contribution is -2.19. The topological polar surface area (TPSA) is 34.9 Å². The van der Waals surface area contributed by atoms with E-state index in [1.165, 1.54) is 0 Å². The summed E-state index contributed by atoms with van der Waals surface area (Å²) in [6.07, 6.45) is 1.68. The van der Waals surface area contributed by atoms with E-state index in [0.29, 0.717) is 12.2 Å². The fourth-order valence-electron chi connectivity index (χ4n) is 2.25. The number of rotatable bonds is 3. The highest BCUT2D eigenvalue weighted by molar-refractivity contribution is 6.09. The molecule has 0 aliphatic carbocycles. The van der Waals surface area contributed by atoms with Crippen molar-refractivity contribution in [2.24, 2.45) is 0 Å². The summed E-state index contributed by atoms with van der Waals surface area (Å²) < 4.78 is 1.74. The van der Waals surface area contributed by atoms with E-state index in [1.54, 1.807) is 16.9 Å². The summed E-state index contributed by atoms with van der Waals surface area (Å²) in [5, 5.41) is 4.17. The maximum absolute atomic E-state index is 12.7. The molecular weight excluding hydrogens is 236 g/mol. The molecule has 100 valence electrons. The molecule has 0 fully saturated rings. The maximum Gasteiger partial charge on any atom is 0.211 e. The fraction of sp³-hybridized carbons (Fsp3) is 0.375. The van der Waals surface area contributed by atoms with Crippen LogP contribution in [0, 0.1) is 0 Å². The lowest BCUT2D eigenvalue weighted by atomic mass is 9.82. The maximum atomic E-state index is 12.7. The third-order valence-corrected chi connectivity index (χ3v) is 3.23. The quantitative estimate of drug-likeness (QED) is 0.789. The van der Waals surface area contributed by atoms with Gasteiger partial charge in [0.15, 0.2) is 0 Å². The lowest BCUT2D eigenvalue weighted by molar-refractivity contribution is 0.102. The molecule has 0 spiro atoms. The smallest absolute Gasteiger partial charge is 0.211 e. The van der Waals surface area contributed by atoms with E-state index >= 15 is 0 Å². The first-order valence-electron chi connectivity index (χ1n) is 6.61. The Morgan fingerprint density at radius 1 is 1.21 bits per heavy atom. The lowest BCUT2D eigenvalue weighted by Gasteiger charge is -2.22. The van der Waals surface area contributed by atoms with Gasteiger partial charge in [-0.2, -0.15) is 5.10 Å². The van der Waals surface area contributed by atoms with Gasteiger partial charge in [-0.3, -0.25) is 9.48 Å². The van der Waals surface area contributed by atoms with Crippen LogP contribution in [0.2, 0.25) is 0 Å². The van der Waals surface area contributed by atoms with Crippen molar-refractivity contribution in [1.82, 2.24) is 9.78 Å². The Kier molecular flexibility index (Phi) is 3.56. The van der Waals surface area contributed by atoms with E-state index in [-0.39, 0.29) is 11.2 Å². The van der Waals surface area contributed by atoms with Crippen molar-refractivity contribution in [2.75, 3.05) is 0 Å². The second-order valence-electron chi connectivity index (χ2n) is 5.66. The van der Waals surface area contributed by atoms with Crippen LogP contribution in [0.15, 0.2) is 36.5 Å². The number of carbonyl (C=O) groups excluding carboxylic acids is 1. The van der Waals surface area contributed by atoms with Gasteiger partial charge in [-0.15, -0.1) is 0 Å². The molecule has 3 heteroatoms. The number of hydrogen-bond acceptors (Lipinski definition) is 2. The van der Waals surface area contributed by atoms with Gasteiger partial charge in [-0.1, -0.05) is 45.0 Å². The van der Waals surface area contributed by atoms with Gasteiger partial charge in [0.25, 0.3) is 0 Å². The second kappa shape index (κ2) is 5.00. The number of aryl methyl sites for hydroxylation is 1. The molecule has 2 rings (SSSR count). The standard InChI is InChI=1S/C16H20N2O/c1-5-18-14(10-11-17-18)15(19)12-8-6-7-9-13(12)16(2,3)4/h6-11H,5H2,1-4H3. The van der Waals surface area contributed by atoms with Crippen molar-refractivity contribution in [3.8, 4) is 0 Å². The molecule has 0 unspecified atom stereocenters. The van der Waals surface area contributed by atoms with Crippen LogP contribution in [0.3, 0.4) is 0 Å². The third-order valence-electron chi connectivity index (χ3n) is 3.23. The summed E-state index contributed by atoms with van der Waals surface area (Å²) in [5.41, 5.74) is 2.44. The number of aromatic nitrogens is 2. The van der Waals surface area contributed by atoms with Crippen molar-refractivity contribution >= 4 is 5.78 Å². The zero-order chi connectivity index (χ0) is 14.0. The van der Waals surface area contributed by atoms with E-state index in [2.05, 4.69) is 25.9 Å². The van der Waals surface area contributed by atoms with E-state index < -0.39 is 0 Å². The van der Waals surface area contributed by atoms with Crippen LogP contribution in [0.4, 0.5) is 0 Å². The number of ketones is 1. The van der Waals surface area contributed by atoms with Gasteiger partial charge in [-0.05, 0) is 24.0 Å². The minimum Gasteiger partial charge on any atom is -0.287 e. The Balaban J connectivity index is 2.51. The Labute approximate surface area is 114 Å². The molecular formula is C16H20N2O. The summed E-state index contributed by atoms with van der Waals surface area (Å²) in [7, 11) is 0. The van der Waals surface area contributed by atoms with Gasteiger partial charge in [0.1, 0.15) is 5.69 Å². The molecule has 1 aromatic heterocycles. The molecule has 0 aliphatic rings. The van der Waals surface area contributed by atoms with E-state index in [9.17, 15) is 4.79 Å². The van der Waals surface area contributed by atoms with Crippen LogP contribution in [0.5, 0.6) is 0 Å². The van der Waals surface area contributed by atoms with Gasteiger partial charge in [-0.25, -0.2) is 0 Å². The van der Waals surface area contributed by atoms with Gasteiger partial charge >= 0.3 is 0 Å². The first kappa shape index (κ1) is 13.5. The summed E-state index contributed by atoms with van der Waals surface area (Å²) in [5.74, 6) is 0.0462. The third kappa shape index (κ3) is 2.60. The van der Waals surface area contributed by atoms with Crippen LogP contribution in [-0.2, 0) is 12.0 Å². The van der Waals surface area contributed by atoms with Crippen LogP contribution in [0.1, 0.15) is 49.3 Å². The summed E-state index contributed by atoms with van der Waals surface area (Å²) in [6.45, 7) is 9.05. The number of nitrogens with zero attached hydrogens (tertiary/aromatic N) is 2. The Bertz CT molecular complexity index is 591. The van der Waals surface area contributed by atoms with Crippen LogP contribution in [-0.4, -0.2) is 15.6 Å². The Hall–Kier alpha value is -1.90. The summed E-state index contributed by atoms with van der Waals surface area (Å²) in [4.78, 5) is 12.7. The molecule has 0 saturated carbocycles. The molecule has 0 radical (unpaired) electrons. The van der Waals surface area contributed by atoms with Crippen LogP contribution in [0.25, 0.3) is 0 Å². The van der Waals surface area contributed by atoms with Gasteiger partial charge in [0.05, 0.1) is 0 Å². The number of hydrogen-bond donors (Lipinski definition) is 0. The molecule has 1 aromatic carbocycles. The molecule has 0 bridgehead atoms. The van der Waals surface area contributed by atoms with Gasteiger partial charge in [0.2, 0.25) is 5.78 Å². The molecule has 2 aromatic rings. The molecule has 19 heavy (non-hydrogen) atoms. The predicted octanol–water partition coefficient (Wildman–Crippen LogP) is 3.43. The van der Waals surface area contributed by atoms with Crippen LogP contribution >= 0.6 is 0 Å². The molecule has 3 nitrogen and oxygen atoms in total. The minimum atomic E-state index is -0.0523. The molecule has 1 heterocycles. The van der Waals surface area contributed by atoms with E-state index in [4.69, 9.17) is 0 Å². The zero-order valence-corrected chi connectivity index (χ0v) is 12.0. The van der Waals surface area contributed by atoms with Gasteiger partial charge < -0.3 is 0 Å². The zero-order valence-electron chi connectivity index (χ0n) is 12.0.